The number of anilines is 2. The molecular formula is C34H25ClN2O4. The van der Waals surface area contributed by atoms with E-state index in [4.69, 9.17) is 16.3 Å². The second-order valence-corrected chi connectivity index (χ2v) is 10.9. The topological polar surface area (TPSA) is 75.7 Å². The van der Waals surface area contributed by atoms with Crippen LogP contribution >= 0.6 is 11.6 Å². The molecule has 0 saturated carbocycles. The van der Waals surface area contributed by atoms with Crippen molar-refractivity contribution < 1.29 is 19.1 Å². The van der Waals surface area contributed by atoms with E-state index in [1.54, 1.807) is 55.6 Å². The van der Waals surface area contributed by atoms with Crippen molar-refractivity contribution in [1.82, 2.24) is 0 Å². The number of hydrogen-bond donors (Lipinski definition) is 1. The third-order valence-corrected chi connectivity index (χ3v) is 8.94. The summed E-state index contributed by atoms with van der Waals surface area (Å²) in [7, 11) is 1.56. The summed E-state index contributed by atoms with van der Waals surface area (Å²) in [4.78, 5) is 45.8. The van der Waals surface area contributed by atoms with Gasteiger partial charge in [0.05, 0.1) is 24.1 Å². The second-order valence-electron chi connectivity index (χ2n) is 10.5. The van der Waals surface area contributed by atoms with E-state index < -0.39 is 23.4 Å². The van der Waals surface area contributed by atoms with Gasteiger partial charge in [-0.15, -0.1) is 0 Å². The van der Waals surface area contributed by atoms with Crippen molar-refractivity contribution in [2.75, 3.05) is 17.3 Å². The lowest BCUT2D eigenvalue weighted by Crippen LogP contribution is -2.51. The zero-order valence-corrected chi connectivity index (χ0v) is 22.8. The van der Waals surface area contributed by atoms with Crippen LogP contribution in [0.1, 0.15) is 31.8 Å². The lowest BCUT2D eigenvalue weighted by Gasteiger charge is -2.37. The average Bonchev–Trinajstić information content (AvgIpc) is 3.49. The molecular weight excluding hydrogens is 536 g/mol. The van der Waals surface area contributed by atoms with Crippen LogP contribution in [0.2, 0.25) is 5.02 Å². The maximum Gasteiger partial charge on any atom is 0.238 e. The van der Waals surface area contributed by atoms with E-state index in [0.717, 1.165) is 11.3 Å². The summed E-state index contributed by atoms with van der Waals surface area (Å²) >= 11 is 6.58. The minimum atomic E-state index is -1.38. The first-order valence-electron chi connectivity index (χ1n) is 13.4. The number of halogens is 1. The van der Waals surface area contributed by atoms with Crippen molar-refractivity contribution in [1.29, 1.82) is 0 Å². The molecule has 7 rings (SSSR count). The van der Waals surface area contributed by atoms with Gasteiger partial charge in [-0.3, -0.25) is 14.4 Å². The number of fused-ring (bicyclic) bond motifs is 6. The highest BCUT2D eigenvalue weighted by Crippen LogP contribution is 2.58. The van der Waals surface area contributed by atoms with Gasteiger partial charge in [0.1, 0.15) is 17.2 Å². The molecule has 4 atom stereocenters. The summed E-state index contributed by atoms with van der Waals surface area (Å²) < 4.78 is 5.32. The highest BCUT2D eigenvalue weighted by atomic mass is 35.5. The Hall–Kier alpha value is -4.68. The molecule has 0 bridgehead atoms. The molecule has 7 heteroatoms. The summed E-state index contributed by atoms with van der Waals surface area (Å²) in [5.41, 5.74) is 2.35. The summed E-state index contributed by atoms with van der Waals surface area (Å²) in [6, 6.07) is 27.2. The first kappa shape index (κ1) is 25.3. The van der Waals surface area contributed by atoms with Gasteiger partial charge >= 0.3 is 0 Å². The van der Waals surface area contributed by atoms with Gasteiger partial charge in [0, 0.05) is 22.5 Å². The van der Waals surface area contributed by atoms with Crippen LogP contribution < -0.4 is 15.0 Å². The van der Waals surface area contributed by atoms with Gasteiger partial charge in [-0.1, -0.05) is 72.3 Å². The highest BCUT2D eigenvalue weighted by molar-refractivity contribution is 6.34. The minimum absolute atomic E-state index is 0.294. The van der Waals surface area contributed by atoms with Crippen molar-refractivity contribution in [3.63, 3.8) is 0 Å². The van der Waals surface area contributed by atoms with Crippen molar-refractivity contribution in [3.05, 3.63) is 130 Å². The molecule has 3 aliphatic rings. The zero-order chi connectivity index (χ0) is 28.3. The fourth-order valence-corrected chi connectivity index (χ4v) is 7.10. The lowest BCUT2D eigenvalue weighted by atomic mass is 9.64. The number of carbonyl (C=O) groups is 3. The Labute approximate surface area is 242 Å². The molecule has 202 valence electrons. The average molecular weight is 561 g/mol. The number of rotatable bonds is 5. The van der Waals surface area contributed by atoms with Crippen molar-refractivity contribution in [3.8, 4) is 5.75 Å². The molecule has 4 aromatic rings. The largest absolute Gasteiger partial charge is 0.497 e. The molecule has 1 amide bonds. The van der Waals surface area contributed by atoms with Gasteiger partial charge in [0.25, 0.3) is 0 Å². The molecule has 0 radical (unpaired) electrons. The molecule has 0 aromatic heterocycles. The Kier molecular flexibility index (Phi) is 5.84. The van der Waals surface area contributed by atoms with Crippen LogP contribution in [0.25, 0.3) is 6.08 Å². The van der Waals surface area contributed by atoms with Crippen LogP contribution in [0.15, 0.2) is 103 Å². The van der Waals surface area contributed by atoms with Gasteiger partial charge in [-0.05, 0) is 59.7 Å². The molecule has 4 aromatic carbocycles. The number of benzene rings is 4. The number of Topliss-reactive ketones (excluding diaryl/α,β-unsaturated/α-hetero) is 2. The predicted molar refractivity (Wildman–Crippen MR) is 159 cm³/mol. The summed E-state index contributed by atoms with van der Waals surface area (Å²) in [6.07, 6.45) is 3.93. The van der Waals surface area contributed by atoms with Crippen LogP contribution in [-0.4, -0.2) is 36.7 Å². The number of ketones is 2. The molecule has 0 aliphatic carbocycles. The summed E-state index contributed by atoms with van der Waals surface area (Å²) in [5, 5.41) is 3.34. The van der Waals surface area contributed by atoms with Gasteiger partial charge < -0.3 is 15.0 Å². The van der Waals surface area contributed by atoms with E-state index in [1.807, 2.05) is 65.6 Å². The first-order valence-corrected chi connectivity index (χ1v) is 13.8. The number of nitrogens with zero attached hydrogens (tertiary/aromatic N) is 1. The third-order valence-electron chi connectivity index (χ3n) is 8.61. The number of amides is 1. The maximum atomic E-state index is 14.8. The normalized spacial score (nSPS) is 23.5. The third kappa shape index (κ3) is 3.54. The number of ether oxygens (including phenoxy) is 1. The first-order chi connectivity index (χ1) is 20.0. The van der Waals surface area contributed by atoms with E-state index in [2.05, 4.69) is 5.32 Å². The van der Waals surface area contributed by atoms with Crippen LogP contribution in [0, 0.1) is 5.92 Å². The van der Waals surface area contributed by atoms with Crippen LogP contribution in [0.3, 0.4) is 0 Å². The Morgan fingerprint density at radius 1 is 0.878 bits per heavy atom. The quantitative estimate of drug-likeness (QED) is 0.294. The molecule has 1 saturated heterocycles. The van der Waals surface area contributed by atoms with Crippen LogP contribution in [0.5, 0.6) is 5.75 Å². The predicted octanol–water partition coefficient (Wildman–Crippen LogP) is 6.20. The van der Waals surface area contributed by atoms with E-state index in [-0.39, 0.29) is 17.5 Å². The van der Waals surface area contributed by atoms with Gasteiger partial charge in [0.15, 0.2) is 11.6 Å². The molecule has 1 fully saturated rings. The number of carbonyl (C=O) groups excluding carboxylic acids is 3. The van der Waals surface area contributed by atoms with Gasteiger partial charge in [-0.25, -0.2) is 0 Å². The van der Waals surface area contributed by atoms with Crippen molar-refractivity contribution >= 4 is 46.5 Å². The molecule has 1 N–H and O–H groups in total. The van der Waals surface area contributed by atoms with Crippen molar-refractivity contribution in [2.45, 2.75) is 17.5 Å². The number of methoxy groups -OCH3 is 1. The Morgan fingerprint density at radius 3 is 2.37 bits per heavy atom. The SMILES string of the molecule is COc1ccc(C(=O)[C@@H]2[C@H](C(=O)c3ccccc3Cl)N3c4ccccc4C=C[C@H]3[C@@]23C(=O)Nc2ccccc23)cc1. The van der Waals surface area contributed by atoms with Gasteiger partial charge in [0.2, 0.25) is 5.91 Å². The van der Waals surface area contributed by atoms with E-state index in [1.165, 1.54) is 0 Å². The van der Waals surface area contributed by atoms with Crippen molar-refractivity contribution in [2.24, 2.45) is 5.92 Å². The fourth-order valence-electron chi connectivity index (χ4n) is 6.87. The molecule has 3 aliphatic heterocycles. The van der Waals surface area contributed by atoms with E-state index >= 15 is 0 Å². The molecule has 6 nitrogen and oxygen atoms in total. The Balaban J connectivity index is 1.53. The number of nitrogens with one attached hydrogen (secondary N) is 1. The Morgan fingerprint density at radius 2 is 1.59 bits per heavy atom. The molecule has 3 heterocycles. The monoisotopic (exact) mass is 560 g/mol. The molecule has 41 heavy (non-hydrogen) atoms. The smallest absolute Gasteiger partial charge is 0.238 e. The van der Waals surface area contributed by atoms with E-state index in [0.29, 0.717) is 33.1 Å². The maximum absolute atomic E-state index is 14.8. The second kappa shape index (κ2) is 9.46. The van der Waals surface area contributed by atoms with Crippen LogP contribution in [-0.2, 0) is 10.2 Å². The van der Waals surface area contributed by atoms with E-state index in [9.17, 15) is 14.4 Å². The molecule has 1 spiro atoms. The standard InChI is InChI=1S/C34H25ClN2O4/c1-41-22-17-14-21(15-18-22)31(38)29-30(32(39)23-9-3-5-11-25(23)35)37-27-13-7-2-8-20(27)16-19-28(37)34(29)24-10-4-6-12-26(24)36-33(34)40/h2-19,28-30H,1H3,(H,36,40)/t28-,29-,30+,34+/m0/s1. The lowest BCUT2D eigenvalue weighted by molar-refractivity contribution is -0.121. The number of hydrogen-bond acceptors (Lipinski definition) is 5. The number of para-hydroxylation sites is 2. The molecule has 0 unspecified atom stereocenters. The minimum Gasteiger partial charge on any atom is -0.497 e. The zero-order valence-electron chi connectivity index (χ0n) is 22.1. The summed E-state index contributed by atoms with van der Waals surface area (Å²) in [6.45, 7) is 0. The highest BCUT2D eigenvalue weighted by Gasteiger charge is 2.70. The summed E-state index contributed by atoms with van der Waals surface area (Å²) in [5.74, 6) is -1.38. The fraction of sp³-hybridized carbons (Fsp3) is 0.147. The van der Waals surface area contributed by atoms with Crippen LogP contribution in [0.4, 0.5) is 11.4 Å². The van der Waals surface area contributed by atoms with Gasteiger partial charge in [-0.2, -0.15) is 0 Å². The Bertz CT molecular complexity index is 1760.